The van der Waals surface area contributed by atoms with Crippen molar-refractivity contribution >= 4 is 11.7 Å². The molecular formula is C28H38N4O2. The van der Waals surface area contributed by atoms with Gasteiger partial charge >= 0.3 is 6.03 Å². The highest BCUT2D eigenvalue weighted by Gasteiger charge is 2.18. The SMILES string of the molecule is CCCCCNC(=O)Nc1ccccc1OCCCn1c(C)nc(C(C)C)c1-c1ccccc1. The predicted molar refractivity (Wildman–Crippen MR) is 140 cm³/mol. The number of hydrogen-bond acceptors (Lipinski definition) is 3. The van der Waals surface area contributed by atoms with Crippen LogP contribution >= 0.6 is 0 Å². The van der Waals surface area contributed by atoms with Crippen molar-refractivity contribution in [1.29, 1.82) is 0 Å². The van der Waals surface area contributed by atoms with Crippen LogP contribution in [0.3, 0.4) is 0 Å². The molecule has 34 heavy (non-hydrogen) atoms. The Labute approximate surface area is 203 Å². The summed E-state index contributed by atoms with van der Waals surface area (Å²) < 4.78 is 8.36. The second-order valence-corrected chi connectivity index (χ2v) is 8.85. The van der Waals surface area contributed by atoms with Crippen LogP contribution in [0.5, 0.6) is 5.75 Å². The van der Waals surface area contributed by atoms with Crippen molar-refractivity contribution in [3.05, 3.63) is 66.1 Å². The van der Waals surface area contributed by atoms with E-state index in [1.54, 1.807) is 0 Å². The number of aryl methyl sites for hydroxylation is 1. The number of hydrogen-bond donors (Lipinski definition) is 2. The first kappa shape index (κ1) is 25.3. The molecule has 3 aromatic rings. The number of carbonyl (C=O) groups excluding carboxylic acids is 1. The molecule has 0 saturated carbocycles. The van der Waals surface area contributed by atoms with Crippen molar-refractivity contribution in [2.75, 3.05) is 18.5 Å². The molecule has 0 aliphatic heterocycles. The number of imidazole rings is 1. The lowest BCUT2D eigenvalue weighted by atomic mass is 10.0. The molecule has 1 aromatic heterocycles. The van der Waals surface area contributed by atoms with Crippen molar-refractivity contribution in [3.63, 3.8) is 0 Å². The Kier molecular flexibility index (Phi) is 9.56. The maximum absolute atomic E-state index is 12.2. The maximum Gasteiger partial charge on any atom is 0.319 e. The summed E-state index contributed by atoms with van der Waals surface area (Å²) in [6.07, 6.45) is 4.05. The molecule has 0 atom stereocenters. The number of nitrogens with one attached hydrogen (secondary N) is 2. The lowest BCUT2D eigenvalue weighted by molar-refractivity contribution is 0.251. The van der Waals surface area contributed by atoms with Gasteiger partial charge in [0, 0.05) is 18.7 Å². The van der Waals surface area contributed by atoms with Gasteiger partial charge in [-0.2, -0.15) is 0 Å². The molecule has 2 aromatic carbocycles. The van der Waals surface area contributed by atoms with E-state index in [2.05, 4.69) is 67.2 Å². The molecule has 0 aliphatic rings. The van der Waals surface area contributed by atoms with Gasteiger partial charge in [-0.3, -0.25) is 0 Å². The first-order valence-electron chi connectivity index (χ1n) is 12.4. The number of amides is 2. The summed E-state index contributed by atoms with van der Waals surface area (Å²) in [6.45, 7) is 10.6. The number of anilines is 1. The van der Waals surface area contributed by atoms with Gasteiger partial charge in [0.1, 0.15) is 11.6 Å². The van der Waals surface area contributed by atoms with Gasteiger partial charge in [-0.25, -0.2) is 9.78 Å². The van der Waals surface area contributed by atoms with Gasteiger partial charge in [-0.1, -0.05) is 76.1 Å². The zero-order valence-corrected chi connectivity index (χ0v) is 20.9. The van der Waals surface area contributed by atoms with Crippen LogP contribution in [0.4, 0.5) is 10.5 Å². The van der Waals surface area contributed by atoms with Gasteiger partial charge in [0.05, 0.1) is 23.7 Å². The highest BCUT2D eigenvalue weighted by atomic mass is 16.5. The lowest BCUT2D eigenvalue weighted by Gasteiger charge is -2.15. The molecule has 3 rings (SSSR count). The van der Waals surface area contributed by atoms with E-state index in [4.69, 9.17) is 9.72 Å². The molecule has 0 bridgehead atoms. The van der Waals surface area contributed by atoms with E-state index < -0.39 is 0 Å². The highest BCUT2D eigenvalue weighted by molar-refractivity contribution is 5.90. The molecule has 0 aliphatic carbocycles. The maximum atomic E-state index is 12.2. The van der Waals surface area contributed by atoms with Gasteiger partial charge in [-0.05, 0) is 37.8 Å². The second-order valence-electron chi connectivity index (χ2n) is 8.85. The lowest BCUT2D eigenvalue weighted by Crippen LogP contribution is -2.29. The molecule has 2 N–H and O–H groups in total. The van der Waals surface area contributed by atoms with Gasteiger partial charge < -0.3 is 19.9 Å². The summed E-state index contributed by atoms with van der Waals surface area (Å²) in [5.74, 6) is 2.04. The first-order chi connectivity index (χ1) is 16.5. The molecule has 6 nitrogen and oxygen atoms in total. The highest BCUT2D eigenvalue weighted by Crippen LogP contribution is 2.30. The van der Waals surface area contributed by atoms with Crippen LogP contribution in [0.2, 0.25) is 0 Å². The smallest absolute Gasteiger partial charge is 0.319 e. The van der Waals surface area contributed by atoms with E-state index >= 15 is 0 Å². The van der Waals surface area contributed by atoms with Crippen LogP contribution in [0.15, 0.2) is 54.6 Å². The largest absolute Gasteiger partial charge is 0.491 e. The van der Waals surface area contributed by atoms with Crippen molar-refractivity contribution in [2.24, 2.45) is 0 Å². The van der Waals surface area contributed by atoms with E-state index in [1.807, 2.05) is 30.3 Å². The Morgan fingerprint density at radius 2 is 1.76 bits per heavy atom. The number of para-hydroxylation sites is 2. The molecule has 0 radical (unpaired) electrons. The fourth-order valence-electron chi connectivity index (χ4n) is 4.01. The Balaban J connectivity index is 1.61. The third-order valence-electron chi connectivity index (χ3n) is 5.76. The summed E-state index contributed by atoms with van der Waals surface area (Å²) in [5.41, 5.74) is 4.19. The fourth-order valence-corrected chi connectivity index (χ4v) is 4.01. The van der Waals surface area contributed by atoms with E-state index in [0.717, 1.165) is 43.7 Å². The van der Waals surface area contributed by atoms with Crippen molar-refractivity contribution < 1.29 is 9.53 Å². The number of unbranched alkanes of at least 4 members (excludes halogenated alkanes) is 2. The molecular weight excluding hydrogens is 424 g/mol. The van der Waals surface area contributed by atoms with Gasteiger partial charge in [0.25, 0.3) is 0 Å². The van der Waals surface area contributed by atoms with Crippen molar-refractivity contribution in [1.82, 2.24) is 14.9 Å². The molecule has 0 saturated heterocycles. The normalized spacial score (nSPS) is 11.0. The molecule has 6 heteroatoms. The first-order valence-corrected chi connectivity index (χ1v) is 12.4. The van der Waals surface area contributed by atoms with Crippen LogP contribution in [0, 0.1) is 6.92 Å². The average Bonchev–Trinajstić information content (AvgIpc) is 3.17. The third-order valence-corrected chi connectivity index (χ3v) is 5.76. The average molecular weight is 463 g/mol. The number of aromatic nitrogens is 2. The Morgan fingerprint density at radius 1 is 1.03 bits per heavy atom. The van der Waals surface area contributed by atoms with Crippen LogP contribution in [-0.2, 0) is 6.54 Å². The molecule has 0 unspecified atom stereocenters. The number of benzene rings is 2. The van der Waals surface area contributed by atoms with Gasteiger partial charge in [-0.15, -0.1) is 0 Å². The minimum absolute atomic E-state index is 0.199. The number of carbonyl (C=O) groups is 1. The molecule has 0 spiro atoms. The fraction of sp³-hybridized carbons (Fsp3) is 0.429. The van der Waals surface area contributed by atoms with Crippen LogP contribution < -0.4 is 15.4 Å². The molecule has 2 amide bonds. The zero-order chi connectivity index (χ0) is 24.3. The van der Waals surface area contributed by atoms with Gasteiger partial charge in [0.2, 0.25) is 0 Å². The quantitative estimate of drug-likeness (QED) is 0.292. The van der Waals surface area contributed by atoms with Crippen LogP contribution in [-0.4, -0.2) is 28.7 Å². The predicted octanol–water partition coefficient (Wildman–Crippen LogP) is 6.76. The van der Waals surface area contributed by atoms with E-state index in [9.17, 15) is 4.79 Å². The Bertz CT molecular complexity index is 1040. The van der Waals surface area contributed by atoms with E-state index in [1.165, 1.54) is 11.3 Å². The number of rotatable bonds is 12. The monoisotopic (exact) mass is 462 g/mol. The summed E-state index contributed by atoms with van der Waals surface area (Å²) in [4.78, 5) is 17.1. The minimum atomic E-state index is -0.199. The summed E-state index contributed by atoms with van der Waals surface area (Å²) in [6, 6.07) is 17.8. The van der Waals surface area contributed by atoms with Gasteiger partial charge in [0.15, 0.2) is 0 Å². The summed E-state index contributed by atoms with van der Waals surface area (Å²) in [5, 5.41) is 5.82. The summed E-state index contributed by atoms with van der Waals surface area (Å²) in [7, 11) is 0. The third kappa shape index (κ3) is 6.86. The molecule has 1 heterocycles. The van der Waals surface area contributed by atoms with E-state index in [-0.39, 0.29) is 6.03 Å². The van der Waals surface area contributed by atoms with E-state index in [0.29, 0.717) is 30.5 Å². The number of ether oxygens (including phenoxy) is 1. The Hall–Kier alpha value is -3.28. The standard InChI is InChI=1S/C28H38N4O2/c1-5-6-12-18-29-28(33)31-24-16-10-11-17-25(24)34-20-13-19-32-22(4)30-26(21(2)3)27(32)23-14-8-7-9-15-23/h7-11,14-17,21H,5-6,12-13,18-20H2,1-4H3,(H2,29,31,33). The summed E-state index contributed by atoms with van der Waals surface area (Å²) >= 11 is 0. The van der Waals surface area contributed by atoms with Crippen molar-refractivity contribution in [2.45, 2.75) is 65.8 Å². The second kappa shape index (κ2) is 12.8. The van der Waals surface area contributed by atoms with Crippen LogP contribution in [0.1, 0.15) is 63.9 Å². The zero-order valence-electron chi connectivity index (χ0n) is 20.9. The number of urea groups is 1. The minimum Gasteiger partial charge on any atom is -0.491 e. The number of nitrogens with zero attached hydrogens (tertiary/aromatic N) is 2. The van der Waals surface area contributed by atoms with Crippen LogP contribution in [0.25, 0.3) is 11.3 Å². The molecule has 182 valence electrons. The molecule has 0 fully saturated rings. The Morgan fingerprint density at radius 3 is 2.50 bits per heavy atom. The topological polar surface area (TPSA) is 68.2 Å². The van der Waals surface area contributed by atoms with Crippen molar-refractivity contribution in [3.8, 4) is 17.0 Å².